The molecule has 1 aromatic rings. The molecule has 1 unspecified atom stereocenters. The van der Waals surface area contributed by atoms with Crippen molar-refractivity contribution in [3.05, 3.63) is 18.2 Å². The minimum atomic E-state index is -4.14. The van der Waals surface area contributed by atoms with Gasteiger partial charge in [-0.05, 0) is 13.0 Å². The van der Waals surface area contributed by atoms with Gasteiger partial charge in [0.15, 0.2) is 0 Å². The summed E-state index contributed by atoms with van der Waals surface area (Å²) in [6, 6.07) is -0.604. The van der Waals surface area contributed by atoms with Gasteiger partial charge in [0.1, 0.15) is 5.82 Å². The van der Waals surface area contributed by atoms with Gasteiger partial charge in [-0.3, -0.25) is 0 Å². The number of aryl methyl sites for hydroxylation is 1. The first-order valence-corrected chi connectivity index (χ1v) is 6.26. The molecule has 18 heavy (non-hydrogen) atoms. The summed E-state index contributed by atoms with van der Waals surface area (Å²) >= 11 is 0. The van der Waals surface area contributed by atoms with Gasteiger partial charge in [0.05, 0.1) is 6.42 Å². The molecule has 0 fully saturated rings. The Labute approximate surface area is 105 Å². The van der Waals surface area contributed by atoms with Crippen molar-refractivity contribution in [2.75, 3.05) is 6.54 Å². The van der Waals surface area contributed by atoms with E-state index in [2.05, 4.69) is 10.3 Å². The smallest absolute Gasteiger partial charge is 0.335 e. The van der Waals surface area contributed by atoms with Crippen molar-refractivity contribution in [3.63, 3.8) is 0 Å². The standard InChI is InChI=1S/C12H20F3N3/c1-3-6-18-7-5-17-11(18)8-10(16-4-2)9-12(13,14)15/h5,7,10,16H,3-4,6,8-9H2,1-2H3. The molecule has 0 amide bonds. The van der Waals surface area contributed by atoms with Gasteiger partial charge in [-0.2, -0.15) is 13.2 Å². The highest BCUT2D eigenvalue weighted by atomic mass is 19.4. The van der Waals surface area contributed by atoms with Crippen molar-refractivity contribution >= 4 is 0 Å². The Kier molecular flexibility index (Phi) is 5.65. The second-order valence-corrected chi connectivity index (χ2v) is 4.31. The minimum Gasteiger partial charge on any atom is -0.335 e. The van der Waals surface area contributed by atoms with Crippen molar-refractivity contribution in [1.82, 2.24) is 14.9 Å². The third kappa shape index (κ3) is 5.08. The van der Waals surface area contributed by atoms with Crippen LogP contribution in [0.1, 0.15) is 32.5 Å². The molecule has 0 aliphatic rings. The zero-order chi connectivity index (χ0) is 13.6. The van der Waals surface area contributed by atoms with Gasteiger partial charge >= 0.3 is 6.18 Å². The first kappa shape index (κ1) is 15.0. The molecule has 0 aliphatic carbocycles. The highest BCUT2D eigenvalue weighted by molar-refractivity contribution is 4.96. The number of aromatic nitrogens is 2. The van der Waals surface area contributed by atoms with Crippen molar-refractivity contribution in [2.45, 2.75) is 51.9 Å². The Morgan fingerprint density at radius 2 is 2.11 bits per heavy atom. The fourth-order valence-electron chi connectivity index (χ4n) is 1.98. The van der Waals surface area contributed by atoms with Crippen LogP contribution in [0.15, 0.2) is 12.4 Å². The van der Waals surface area contributed by atoms with Crippen LogP contribution in [0.2, 0.25) is 0 Å². The van der Waals surface area contributed by atoms with E-state index < -0.39 is 18.6 Å². The third-order valence-electron chi connectivity index (χ3n) is 2.67. The summed E-state index contributed by atoms with van der Waals surface area (Å²) in [6.07, 6.45) is -0.263. The van der Waals surface area contributed by atoms with Gasteiger partial charge in [-0.1, -0.05) is 13.8 Å². The highest BCUT2D eigenvalue weighted by Gasteiger charge is 2.32. The van der Waals surface area contributed by atoms with E-state index in [1.807, 2.05) is 24.6 Å². The van der Waals surface area contributed by atoms with Crippen LogP contribution < -0.4 is 5.32 Å². The lowest BCUT2D eigenvalue weighted by Crippen LogP contribution is -2.36. The van der Waals surface area contributed by atoms with E-state index >= 15 is 0 Å². The molecule has 1 atom stereocenters. The summed E-state index contributed by atoms with van der Waals surface area (Å²) < 4.78 is 39.2. The van der Waals surface area contributed by atoms with Crippen LogP contribution in [-0.2, 0) is 13.0 Å². The van der Waals surface area contributed by atoms with Gasteiger partial charge in [-0.15, -0.1) is 0 Å². The lowest BCUT2D eigenvalue weighted by atomic mass is 10.1. The van der Waals surface area contributed by atoms with Gasteiger partial charge in [0.25, 0.3) is 0 Å². The van der Waals surface area contributed by atoms with Crippen LogP contribution in [0.25, 0.3) is 0 Å². The van der Waals surface area contributed by atoms with E-state index in [0.717, 1.165) is 13.0 Å². The molecule has 0 aromatic carbocycles. The number of rotatable bonds is 7. The van der Waals surface area contributed by atoms with Crippen LogP contribution in [0, 0.1) is 0 Å². The lowest BCUT2D eigenvalue weighted by molar-refractivity contribution is -0.139. The summed E-state index contributed by atoms with van der Waals surface area (Å²) in [5, 5.41) is 2.87. The molecular weight excluding hydrogens is 243 g/mol. The summed E-state index contributed by atoms with van der Waals surface area (Å²) in [5.41, 5.74) is 0. The van der Waals surface area contributed by atoms with Gasteiger partial charge < -0.3 is 9.88 Å². The molecule has 0 saturated carbocycles. The number of halogens is 3. The second kappa shape index (κ2) is 6.78. The highest BCUT2D eigenvalue weighted by Crippen LogP contribution is 2.23. The molecule has 0 radical (unpaired) electrons. The largest absolute Gasteiger partial charge is 0.390 e. The van der Waals surface area contributed by atoms with E-state index in [4.69, 9.17) is 0 Å². The maximum atomic E-state index is 12.4. The molecule has 1 aromatic heterocycles. The number of likely N-dealkylation sites (N-methyl/N-ethyl adjacent to an activating group) is 1. The van der Waals surface area contributed by atoms with E-state index in [1.54, 1.807) is 6.20 Å². The molecule has 3 nitrogen and oxygen atoms in total. The minimum absolute atomic E-state index is 0.306. The molecular formula is C12H20F3N3. The third-order valence-corrected chi connectivity index (χ3v) is 2.67. The van der Waals surface area contributed by atoms with E-state index in [0.29, 0.717) is 18.8 Å². The molecule has 1 N–H and O–H groups in total. The molecule has 1 rings (SSSR count). The van der Waals surface area contributed by atoms with Gasteiger partial charge in [0.2, 0.25) is 0 Å². The summed E-state index contributed by atoms with van der Waals surface area (Å²) in [7, 11) is 0. The monoisotopic (exact) mass is 263 g/mol. The van der Waals surface area contributed by atoms with Crippen LogP contribution in [-0.4, -0.2) is 28.3 Å². The van der Waals surface area contributed by atoms with Crippen molar-refractivity contribution in [2.24, 2.45) is 0 Å². The Morgan fingerprint density at radius 1 is 1.39 bits per heavy atom. The number of nitrogens with one attached hydrogen (secondary N) is 1. The van der Waals surface area contributed by atoms with Crippen LogP contribution in [0.4, 0.5) is 13.2 Å². The molecule has 0 spiro atoms. The maximum Gasteiger partial charge on any atom is 0.390 e. The predicted molar refractivity (Wildman–Crippen MR) is 64.4 cm³/mol. The lowest BCUT2D eigenvalue weighted by Gasteiger charge is -2.19. The number of nitrogens with zero attached hydrogens (tertiary/aromatic N) is 2. The molecule has 104 valence electrons. The van der Waals surface area contributed by atoms with Crippen LogP contribution >= 0.6 is 0 Å². The average molecular weight is 263 g/mol. The zero-order valence-electron chi connectivity index (χ0n) is 10.8. The Hall–Kier alpha value is -1.04. The fourth-order valence-corrected chi connectivity index (χ4v) is 1.98. The predicted octanol–water partition coefficient (Wildman–Crippen LogP) is 2.77. The average Bonchev–Trinajstić information content (AvgIpc) is 2.64. The van der Waals surface area contributed by atoms with E-state index in [9.17, 15) is 13.2 Å². The molecule has 0 saturated heterocycles. The topological polar surface area (TPSA) is 29.9 Å². The summed E-state index contributed by atoms with van der Waals surface area (Å²) in [5.74, 6) is 0.715. The summed E-state index contributed by atoms with van der Waals surface area (Å²) in [4.78, 5) is 4.14. The SMILES string of the molecule is CCCn1ccnc1CC(CC(F)(F)F)NCC. The molecule has 1 heterocycles. The Balaban J connectivity index is 2.67. The van der Waals surface area contributed by atoms with Gasteiger partial charge in [0, 0.05) is 31.4 Å². The summed E-state index contributed by atoms with van der Waals surface area (Å²) in [6.45, 7) is 5.15. The molecule has 6 heteroatoms. The number of alkyl halides is 3. The first-order chi connectivity index (χ1) is 8.46. The van der Waals surface area contributed by atoms with Crippen molar-refractivity contribution in [3.8, 4) is 0 Å². The number of hydrogen-bond donors (Lipinski definition) is 1. The second-order valence-electron chi connectivity index (χ2n) is 4.31. The Bertz CT molecular complexity index is 347. The molecule has 0 bridgehead atoms. The normalized spacial score (nSPS) is 13.8. The molecule has 0 aliphatic heterocycles. The number of imidazole rings is 1. The van der Waals surface area contributed by atoms with E-state index in [1.165, 1.54) is 0 Å². The van der Waals surface area contributed by atoms with Crippen molar-refractivity contribution < 1.29 is 13.2 Å². The Morgan fingerprint density at radius 3 is 2.67 bits per heavy atom. The zero-order valence-corrected chi connectivity index (χ0v) is 10.8. The number of hydrogen-bond acceptors (Lipinski definition) is 2. The van der Waals surface area contributed by atoms with Crippen LogP contribution in [0.5, 0.6) is 0 Å². The quantitative estimate of drug-likeness (QED) is 0.819. The van der Waals surface area contributed by atoms with Gasteiger partial charge in [-0.25, -0.2) is 4.98 Å². The van der Waals surface area contributed by atoms with Crippen molar-refractivity contribution in [1.29, 1.82) is 0 Å². The first-order valence-electron chi connectivity index (χ1n) is 6.26. The van der Waals surface area contributed by atoms with Crippen LogP contribution in [0.3, 0.4) is 0 Å². The maximum absolute atomic E-state index is 12.4. The fraction of sp³-hybridized carbons (Fsp3) is 0.750. The van der Waals surface area contributed by atoms with E-state index in [-0.39, 0.29) is 0 Å².